The van der Waals surface area contributed by atoms with Crippen LogP contribution in [0.5, 0.6) is 0 Å². The van der Waals surface area contributed by atoms with Crippen molar-refractivity contribution in [2.45, 2.75) is 12.8 Å². The Morgan fingerprint density at radius 3 is 3.00 bits per heavy atom. The number of aromatic nitrogens is 2. The Morgan fingerprint density at radius 1 is 1.40 bits per heavy atom. The zero-order valence-electron chi connectivity index (χ0n) is 13.6. The molecule has 7 heteroatoms. The highest BCUT2D eigenvalue weighted by atomic mass is 35.5. The molecule has 1 fully saturated rings. The highest BCUT2D eigenvalue weighted by molar-refractivity contribution is 7.15. The van der Waals surface area contributed by atoms with Crippen LogP contribution >= 0.6 is 22.9 Å². The zero-order chi connectivity index (χ0) is 17.2. The van der Waals surface area contributed by atoms with Gasteiger partial charge in [0.1, 0.15) is 5.69 Å². The van der Waals surface area contributed by atoms with Crippen molar-refractivity contribution < 1.29 is 9.53 Å². The fraction of sp³-hybridized carbons (Fsp3) is 0.333. The fourth-order valence-electron chi connectivity index (χ4n) is 3.00. The van der Waals surface area contributed by atoms with Crippen molar-refractivity contribution in [2.75, 3.05) is 19.8 Å². The second-order valence-corrected chi connectivity index (χ2v) is 7.45. The van der Waals surface area contributed by atoms with Crippen molar-refractivity contribution in [2.24, 2.45) is 5.92 Å². The van der Waals surface area contributed by atoms with E-state index in [2.05, 4.69) is 10.3 Å². The molecule has 25 heavy (non-hydrogen) atoms. The van der Waals surface area contributed by atoms with E-state index in [4.69, 9.17) is 16.3 Å². The number of fused-ring (bicyclic) bond motifs is 1. The van der Waals surface area contributed by atoms with Gasteiger partial charge in [0, 0.05) is 41.9 Å². The monoisotopic (exact) mass is 375 g/mol. The molecule has 2 aromatic heterocycles. The molecular formula is C18H18ClN3O2S. The maximum Gasteiger partial charge on any atom is 0.269 e. The van der Waals surface area contributed by atoms with Gasteiger partial charge in [-0.25, -0.2) is 4.98 Å². The Morgan fingerprint density at radius 2 is 2.24 bits per heavy atom. The predicted molar refractivity (Wildman–Crippen MR) is 99.4 cm³/mol. The van der Waals surface area contributed by atoms with E-state index in [1.807, 2.05) is 40.2 Å². The number of thiazole rings is 1. The first-order valence-electron chi connectivity index (χ1n) is 8.29. The van der Waals surface area contributed by atoms with E-state index in [9.17, 15) is 4.79 Å². The summed E-state index contributed by atoms with van der Waals surface area (Å²) in [5.74, 6) is 0.498. The van der Waals surface area contributed by atoms with Crippen LogP contribution in [0.25, 0.3) is 16.2 Å². The number of halogens is 1. The standard InChI is InChI=1S/C18H18ClN3O2S/c19-14-3-1-13(2-4-14)15-9-22-16(11-25-18(22)21-15)17(23)20-7-5-12-6-8-24-10-12/h1-4,9,11-12H,5-8,10H2,(H,20,23)/t12-/m0/s1. The van der Waals surface area contributed by atoms with E-state index in [1.54, 1.807) is 0 Å². The molecule has 0 saturated carbocycles. The van der Waals surface area contributed by atoms with Crippen molar-refractivity contribution >= 4 is 33.8 Å². The molecule has 1 aliphatic rings. The van der Waals surface area contributed by atoms with Crippen LogP contribution in [0.15, 0.2) is 35.8 Å². The molecule has 1 amide bonds. The summed E-state index contributed by atoms with van der Waals surface area (Å²) in [6.07, 6.45) is 3.94. The molecule has 1 aromatic carbocycles. The average Bonchev–Trinajstić information content (AvgIpc) is 3.32. The summed E-state index contributed by atoms with van der Waals surface area (Å²) in [4.78, 5) is 17.9. The highest BCUT2D eigenvalue weighted by Gasteiger charge is 2.18. The maximum atomic E-state index is 12.5. The van der Waals surface area contributed by atoms with Crippen LogP contribution in [-0.2, 0) is 4.74 Å². The number of hydrogen-bond acceptors (Lipinski definition) is 4. The lowest BCUT2D eigenvalue weighted by molar-refractivity contribution is 0.0945. The summed E-state index contributed by atoms with van der Waals surface area (Å²) in [5, 5.41) is 5.55. The molecule has 1 N–H and O–H groups in total. The average molecular weight is 376 g/mol. The van der Waals surface area contributed by atoms with Gasteiger partial charge < -0.3 is 10.1 Å². The third-order valence-electron chi connectivity index (χ3n) is 4.44. The normalized spacial score (nSPS) is 17.2. The zero-order valence-corrected chi connectivity index (χ0v) is 15.1. The number of carbonyl (C=O) groups is 1. The van der Waals surface area contributed by atoms with E-state index < -0.39 is 0 Å². The van der Waals surface area contributed by atoms with Crippen LogP contribution in [0.1, 0.15) is 23.3 Å². The van der Waals surface area contributed by atoms with Gasteiger partial charge in [-0.15, -0.1) is 11.3 Å². The SMILES string of the molecule is O=C(NCC[C@H]1CCOC1)c1csc2nc(-c3ccc(Cl)cc3)cn12. The summed E-state index contributed by atoms with van der Waals surface area (Å²) in [7, 11) is 0. The van der Waals surface area contributed by atoms with Gasteiger partial charge in [0.05, 0.1) is 5.69 Å². The van der Waals surface area contributed by atoms with E-state index in [0.29, 0.717) is 23.2 Å². The molecule has 1 atom stereocenters. The van der Waals surface area contributed by atoms with Gasteiger partial charge in [0.15, 0.2) is 4.96 Å². The number of amides is 1. The Kier molecular flexibility index (Phi) is 4.74. The first kappa shape index (κ1) is 16.6. The van der Waals surface area contributed by atoms with E-state index >= 15 is 0 Å². The van der Waals surface area contributed by atoms with Crippen LogP contribution in [0.3, 0.4) is 0 Å². The number of nitrogens with zero attached hydrogens (tertiary/aromatic N) is 2. The van der Waals surface area contributed by atoms with Crippen LogP contribution in [0.4, 0.5) is 0 Å². The van der Waals surface area contributed by atoms with Gasteiger partial charge >= 0.3 is 0 Å². The van der Waals surface area contributed by atoms with Crippen molar-refractivity contribution in [3.63, 3.8) is 0 Å². The van der Waals surface area contributed by atoms with Crippen LogP contribution in [0, 0.1) is 5.92 Å². The Hall–Kier alpha value is -1.89. The van der Waals surface area contributed by atoms with Gasteiger partial charge in [-0.1, -0.05) is 23.7 Å². The predicted octanol–water partition coefficient (Wildman–Crippen LogP) is 3.87. The third-order valence-corrected chi connectivity index (χ3v) is 5.54. The molecule has 0 aliphatic carbocycles. The highest BCUT2D eigenvalue weighted by Crippen LogP contribution is 2.25. The third kappa shape index (κ3) is 3.56. The molecule has 0 radical (unpaired) electrons. The fourth-order valence-corrected chi connectivity index (χ4v) is 3.98. The van der Waals surface area contributed by atoms with Gasteiger partial charge in [0.2, 0.25) is 0 Å². The van der Waals surface area contributed by atoms with Crippen LogP contribution in [-0.4, -0.2) is 35.1 Å². The summed E-state index contributed by atoms with van der Waals surface area (Å²) < 4.78 is 7.21. The number of benzene rings is 1. The molecular weight excluding hydrogens is 358 g/mol. The second kappa shape index (κ2) is 7.15. The van der Waals surface area contributed by atoms with Gasteiger partial charge in [0.25, 0.3) is 5.91 Å². The number of nitrogens with one attached hydrogen (secondary N) is 1. The first-order valence-corrected chi connectivity index (χ1v) is 9.55. The molecule has 0 unspecified atom stereocenters. The van der Waals surface area contributed by atoms with Gasteiger partial charge in [-0.05, 0) is 30.9 Å². The Bertz CT molecular complexity index is 882. The minimum Gasteiger partial charge on any atom is -0.381 e. The summed E-state index contributed by atoms with van der Waals surface area (Å²) in [6.45, 7) is 2.32. The molecule has 130 valence electrons. The number of carbonyl (C=O) groups excluding carboxylic acids is 1. The lowest BCUT2D eigenvalue weighted by Gasteiger charge is -2.08. The van der Waals surface area contributed by atoms with Crippen molar-refractivity contribution in [1.29, 1.82) is 0 Å². The van der Waals surface area contributed by atoms with Crippen molar-refractivity contribution in [1.82, 2.24) is 14.7 Å². The Labute approximate surface area is 154 Å². The quantitative estimate of drug-likeness (QED) is 0.736. The summed E-state index contributed by atoms with van der Waals surface area (Å²) >= 11 is 7.40. The lowest BCUT2D eigenvalue weighted by atomic mass is 10.1. The number of rotatable bonds is 5. The first-order chi connectivity index (χ1) is 12.2. The van der Waals surface area contributed by atoms with Crippen LogP contribution < -0.4 is 5.32 Å². The van der Waals surface area contributed by atoms with E-state index in [1.165, 1.54) is 11.3 Å². The van der Waals surface area contributed by atoms with E-state index in [0.717, 1.165) is 42.3 Å². The largest absolute Gasteiger partial charge is 0.381 e. The molecule has 1 aliphatic heterocycles. The molecule has 1 saturated heterocycles. The molecule has 0 spiro atoms. The Balaban J connectivity index is 1.47. The second-order valence-electron chi connectivity index (χ2n) is 6.18. The molecule has 4 rings (SSSR count). The molecule has 0 bridgehead atoms. The van der Waals surface area contributed by atoms with Crippen molar-refractivity contribution in [3.8, 4) is 11.3 Å². The van der Waals surface area contributed by atoms with Crippen LogP contribution in [0.2, 0.25) is 5.02 Å². The van der Waals surface area contributed by atoms with Gasteiger partial charge in [-0.3, -0.25) is 9.20 Å². The lowest BCUT2D eigenvalue weighted by Crippen LogP contribution is -2.27. The smallest absolute Gasteiger partial charge is 0.269 e. The topological polar surface area (TPSA) is 55.6 Å². The minimum atomic E-state index is -0.0646. The summed E-state index contributed by atoms with van der Waals surface area (Å²) in [5.41, 5.74) is 2.43. The molecule has 3 heterocycles. The number of hydrogen-bond donors (Lipinski definition) is 1. The van der Waals surface area contributed by atoms with E-state index in [-0.39, 0.29) is 5.91 Å². The maximum absolute atomic E-state index is 12.5. The van der Waals surface area contributed by atoms with Crippen molar-refractivity contribution in [3.05, 3.63) is 46.6 Å². The number of ether oxygens (including phenoxy) is 1. The summed E-state index contributed by atoms with van der Waals surface area (Å²) in [6, 6.07) is 7.53. The molecule has 3 aromatic rings. The minimum absolute atomic E-state index is 0.0646. The number of imidazole rings is 1. The molecule has 5 nitrogen and oxygen atoms in total. The van der Waals surface area contributed by atoms with Gasteiger partial charge in [-0.2, -0.15) is 0 Å².